The van der Waals surface area contributed by atoms with Crippen molar-refractivity contribution in [2.24, 2.45) is 0 Å². The summed E-state index contributed by atoms with van der Waals surface area (Å²) in [6.07, 6.45) is 4.44. The second-order valence-corrected chi connectivity index (χ2v) is 9.28. The van der Waals surface area contributed by atoms with Crippen molar-refractivity contribution in [3.63, 3.8) is 0 Å². The number of hydrogen-bond donors (Lipinski definition) is 1. The van der Waals surface area contributed by atoms with E-state index >= 15 is 0 Å². The van der Waals surface area contributed by atoms with Gasteiger partial charge in [-0.05, 0) is 49.6 Å². The number of carbonyl (C=O) groups is 1. The van der Waals surface area contributed by atoms with E-state index in [0.29, 0.717) is 30.8 Å². The molecule has 0 unspecified atom stereocenters. The molecule has 160 valence electrons. The summed E-state index contributed by atoms with van der Waals surface area (Å²) in [7, 11) is -3.85. The Labute approximate surface area is 175 Å². The van der Waals surface area contributed by atoms with Crippen molar-refractivity contribution in [3.05, 3.63) is 42.4 Å². The second kappa shape index (κ2) is 8.57. The number of nitrogens with one attached hydrogen (secondary N) is 1. The van der Waals surface area contributed by atoms with Gasteiger partial charge in [0.15, 0.2) is 0 Å². The van der Waals surface area contributed by atoms with Crippen molar-refractivity contribution < 1.29 is 17.6 Å². The Hall–Kier alpha value is -2.72. The molecule has 1 fully saturated rings. The van der Waals surface area contributed by atoms with Gasteiger partial charge in [0.2, 0.25) is 15.9 Å². The Morgan fingerprint density at radius 2 is 2.17 bits per heavy atom. The quantitative estimate of drug-likeness (QED) is 0.615. The van der Waals surface area contributed by atoms with Gasteiger partial charge in [0.25, 0.3) is 0 Å². The number of rotatable bonds is 7. The first-order chi connectivity index (χ1) is 14.5. The van der Waals surface area contributed by atoms with Gasteiger partial charge in [0.05, 0.1) is 23.2 Å². The molecule has 1 atom stereocenters. The molecule has 1 saturated heterocycles. The molecule has 1 amide bonds. The highest BCUT2D eigenvalue weighted by Crippen LogP contribution is 2.27. The molecule has 0 spiro atoms. The van der Waals surface area contributed by atoms with Gasteiger partial charge in [-0.15, -0.1) is 5.10 Å². The molecule has 4 rings (SSSR count). The summed E-state index contributed by atoms with van der Waals surface area (Å²) in [6, 6.07) is 7.59. The van der Waals surface area contributed by atoms with Crippen LogP contribution in [0.4, 0.5) is 0 Å². The monoisotopic (exact) mass is 431 g/mol. The normalized spacial score (nSPS) is 18.0. The lowest BCUT2D eigenvalue weighted by Crippen LogP contribution is -2.51. The number of fused-ring (bicyclic) bond motifs is 1. The van der Waals surface area contributed by atoms with Crippen LogP contribution in [0, 0.1) is 0 Å². The predicted octanol–water partition coefficient (Wildman–Crippen LogP) is 2.29. The minimum absolute atomic E-state index is 0.129. The maximum atomic E-state index is 13.4. The van der Waals surface area contributed by atoms with Crippen molar-refractivity contribution in [1.82, 2.24) is 24.6 Å². The lowest BCUT2D eigenvalue weighted by Gasteiger charge is -2.33. The van der Waals surface area contributed by atoms with E-state index in [-0.39, 0.29) is 17.3 Å². The Kier molecular flexibility index (Phi) is 5.87. The molecule has 3 aromatic rings. The molecule has 1 aliphatic heterocycles. The van der Waals surface area contributed by atoms with E-state index in [2.05, 4.69) is 15.6 Å². The average Bonchev–Trinajstić information content (AvgIpc) is 3.42. The molecule has 30 heavy (non-hydrogen) atoms. The van der Waals surface area contributed by atoms with Crippen LogP contribution in [-0.4, -0.2) is 46.2 Å². The highest BCUT2D eigenvalue weighted by Gasteiger charge is 2.37. The Bertz CT molecular complexity index is 1120. The highest BCUT2D eigenvalue weighted by atomic mass is 32.2. The van der Waals surface area contributed by atoms with Crippen LogP contribution in [0.3, 0.4) is 0 Å². The van der Waals surface area contributed by atoms with Crippen molar-refractivity contribution in [1.29, 1.82) is 0 Å². The SMILES string of the molecule is CCCn1nnc2cc(S(=O)(=O)N3CCCC[C@H]3C(=O)NCc3ccco3)ccc21. The number of carbonyl (C=O) groups excluding carboxylic acids is 1. The number of sulfonamides is 1. The third-order valence-electron chi connectivity index (χ3n) is 5.30. The first kappa shape index (κ1) is 20.5. The molecule has 0 radical (unpaired) electrons. The summed E-state index contributed by atoms with van der Waals surface area (Å²) < 4.78 is 35.1. The molecule has 1 aromatic carbocycles. The van der Waals surface area contributed by atoms with Crippen molar-refractivity contribution in [2.45, 2.75) is 56.6 Å². The summed E-state index contributed by atoms with van der Waals surface area (Å²) in [5.74, 6) is 0.304. The summed E-state index contributed by atoms with van der Waals surface area (Å²) >= 11 is 0. The van der Waals surface area contributed by atoms with Gasteiger partial charge in [0.1, 0.15) is 17.3 Å². The molecule has 0 aliphatic carbocycles. The first-order valence-electron chi connectivity index (χ1n) is 10.2. The Morgan fingerprint density at radius 1 is 1.30 bits per heavy atom. The maximum absolute atomic E-state index is 13.4. The fraction of sp³-hybridized carbons (Fsp3) is 0.450. The third kappa shape index (κ3) is 3.97. The average molecular weight is 432 g/mol. The van der Waals surface area contributed by atoms with E-state index in [1.54, 1.807) is 28.9 Å². The molecule has 0 saturated carbocycles. The summed E-state index contributed by atoms with van der Waals surface area (Å²) in [5, 5.41) is 11.0. The predicted molar refractivity (Wildman–Crippen MR) is 110 cm³/mol. The number of piperidine rings is 1. The summed E-state index contributed by atoms with van der Waals surface area (Å²) in [6.45, 7) is 3.29. The van der Waals surface area contributed by atoms with E-state index in [1.807, 2.05) is 6.92 Å². The number of hydrogen-bond acceptors (Lipinski definition) is 6. The van der Waals surface area contributed by atoms with Gasteiger partial charge < -0.3 is 9.73 Å². The van der Waals surface area contributed by atoms with Crippen LogP contribution in [0.15, 0.2) is 45.9 Å². The van der Waals surface area contributed by atoms with Crippen LogP contribution in [-0.2, 0) is 27.9 Å². The second-order valence-electron chi connectivity index (χ2n) is 7.39. The smallest absolute Gasteiger partial charge is 0.243 e. The number of nitrogens with zero attached hydrogens (tertiary/aromatic N) is 4. The highest BCUT2D eigenvalue weighted by molar-refractivity contribution is 7.89. The summed E-state index contributed by atoms with van der Waals surface area (Å²) in [4.78, 5) is 12.9. The van der Waals surface area contributed by atoms with Crippen molar-refractivity contribution in [3.8, 4) is 0 Å². The van der Waals surface area contributed by atoms with E-state index in [0.717, 1.165) is 24.8 Å². The molecule has 9 nitrogen and oxygen atoms in total. The molecule has 2 aromatic heterocycles. The standard InChI is InChI=1S/C20H25N5O4S/c1-2-10-24-18-9-8-16(13-17(18)22-23-24)30(27,28)25-11-4-3-7-19(25)20(26)21-14-15-6-5-12-29-15/h5-6,8-9,12-13,19H,2-4,7,10-11,14H2,1H3,(H,21,26)/t19-/m0/s1. The molecule has 10 heteroatoms. The topological polar surface area (TPSA) is 110 Å². The van der Waals surface area contributed by atoms with Crippen LogP contribution in [0.2, 0.25) is 0 Å². The van der Waals surface area contributed by atoms with Gasteiger partial charge in [-0.2, -0.15) is 4.31 Å². The zero-order valence-electron chi connectivity index (χ0n) is 16.8. The summed E-state index contributed by atoms with van der Waals surface area (Å²) in [5.41, 5.74) is 1.32. The fourth-order valence-electron chi connectivity index (χ4n) is 3.78. The lowest BCUT2D eigenvalue weighted by molar-refractivity contribution is -0.125. The Balaban J connectivity index is 1.57. The fourth-order valence-corrected chi connectivity index (χ4v) is 5.46. The van der Waals surface area contributed by atoms with Crippen LogP contribution in [0.5, 0.6) is 0 Å². The lowest BCUT2D eigenvalue weighted by atomic mass is 10.0. The van der Waals surface area contributed by atoms with E-state index < -0.39 is 16.1 Å². The van der Waals surface area contributed by atoms with Crippen LogP contribution in [0.1, 0.15) is 38.4 Å². The minimum atomic E-state index is -3.85. The van der Waals surface area contributed by atoms with Gasteiger partial charge in [0, 0.05) is 13.1 Å². The largest absolute Gasteiger partial charge is 0.467 e. The van der Waals surface area contributed by atoms with Crippen LogP contribution < -0.4 is 5.32 Å². The van der Waals surface area contributed by atoms with Gasteiger partial charge >= 0.3 is 0 Å². The maximum Gasteiger partial charge on any atom is 0.243 e. The molecule has 3 heterocycles. The third-order valence-corrected chi connectivity index (χ3v) is 7.20. The first-order valence-corrected chi connectivity index (χ1v) is 11.6. The number of aryl methyl sites for hydroxylation is 1. The minimum Gasteiger partial charge on any atom is -0.467 e. The van der Waals surface area contributed by atoms with Gasteiger partial charge in [-0.3, -0.25) is 4.79 Å². The van der Waals surface area contributed by atoms with Gasteiger partial charge in [-0.25, -0.2) is 13.1 Å². The zero-order valence-corrected chi connectivity index (χ0v) is 17.6. The van der Waals surface area contributed by atoms with E-state index in [9.17, 15) is 13.2 Å². The van der Waals surface area contributed by atoms with Crippen LogP contribution in [0.25, 0.3) is 11.0 Å². The molecule has 1 aliphatic rings. The number of amides is 1. The molecule has 1 N–H and O–H groups in total. The number of aromatic nitrogens is 3. The van der Waals surface area contributed by atoms with Crippen molar-refractivity contribution in [2.75, 3.05) is 6.54 Å². The molecule has 0 bridgehead atoms. The number of furan rings is 1. The van der Waals surface area contributed by atoms with E-state index in [1.165, 1.54) is 16.6 Å². The van der Waals surface area contributed by atoms with Gasteiger partial charge in [-0.1, -0.05) is 18.6 Å². The van der Waals surface area contributed by atoms with Crippen molar-refractivity contribution >= 4 is 27.0 Å². The zero-order chi connectivity index (χ0) is 21.1. The molecular formula is C20H25N5O4S. The Morgan fingerprint density at radius 3 is 2.93 bits per heavy atom. The van der Waals surface area contributed by atoms with Crippen LogP contribution >= 0.6 is 0 Å². The molecular weight excluding hydrogens is 406 g/mol. The van der Waals surface area contributed by atoms with E-state index in [4.69, 9.17) is 4.42 Å². The number of benzene rings is 1.